The minimum absolute atomic E-state index is 0.208. The van der Waals surface area contributed by atoms with Gasteiger partial charge in [0.05, 0.1) is 12.8 Å². The molecule has 1 aliphatic rings. The second kappa shape index (κ2) is 8.86. The maximum Gasteiger partial charge on any atom is 0.454 e. The van der Waals surface area contributed by atoms with Crippen LogP contribution in [0.15, 0.2) is 66.0 Å². The summed E-state index contributed by atoms with van der Waals surface area (Å²) in [5.74, 6) is -4.37. The van der Waals surface area contributed by atoms with Gasteiger partial charge in [0.25, 0.3) is 5.78 Å². The Morgan fingerprint density at radius 3 is 2.44 bits per heavy atom. The molecule has 0 N–H and O–H groups in total. The molecule has 1 atom stereocenters. The molecule has 1 unspecified atom stereocenters. The van der Waals surface area contributed by atoms with Crippen molar-refractivity contribution in [3.8, 4) is 0 Å². The molecule has 9 heteroatoms. The Labute approximate surface area is 182 Å². The fraction of sp³-hybridized carbons (Fsp3) is 0.261. The first-order chi connectivity index (χ1) is 15.0. The number of nitrogens with zero attached hydrogens (tertiary/aromatic N) is 2. The fourth-order valence-electron chi connectivity index (χ4n) is 3.70. The predicted octanol–water partition coefficient (Wildman–Crippen LogP) is 3.94. The molecule has 0 amide bonds. The van der Waals surface area contributed by atoms with Crippen LogP contribution in [0.4, 0.5) is 13.2 Å². The molecule has 1 aliphatic heterocycles. The van der Waals surface area contributed by atoms with Crippen molar-refractivity contribution in [3.05, 3.63) is 71.7 Å². The van der Waals surface area contributed by atoms with Gasteiger partial charge in [-0.05, 0) is 23.8 Å². The summed E-state index contributed by atoms with van der Waals surface area (Å²) in [5.41, 5.74) is 0.738. The maximum absolute atomic E-state index is 13.3. The molecule has 0 bridgehead atoms. The monoisotopic (exact) mass is 446 g/mol. The molecule has 32 heavy (non-hydrogen) atoms. The number of ether oxygens (including phenoxy) is 1. The average Bonchev–Trinajstić information content (AvgIpc) is 3.08. The topological polar surface area (TPSA) is 68.6 Å². The number of hydrogen-bond acceptors (Lipinski definition) is 5. The lowest BCUT2D eigenvalue weighted by atomic mass is 9.82. The number of allylic oxidation sites excluding steroid dienone is 3. The first-order valence-corrected chi connectivity index (χ1v) is 9.63. The number of para-hydroxylation sites is 1. The number of aryl methyl sites for hydroxylation is 1. The van der Waals surface area contributed by atoms with Crippen molar-refractivity contribution in [2.75, 3.05) is 14.2 Å². The highest BCUT2D eigenvalue weighted by molar-refractivity contribution is 6.04. The molecule has 3 rings (SSSR count). The van der Waals surface area contributed by atoms with Gasteiger partial charge in [-0.1, -0.05) is 18.2 Å². The van der Waals surface area contributed by atoms with E-state index < -0.39 is 35.2 Å². The number of alkyl halides is 3. The van der Waals surface area contributed by atoms with Gasteiger partial charge in [-0.3, -0.25) is 9.59 Å². The molecule has 0 radical (unpaired) electrons. The van der Waals surface area contributed by atoms with E-state index in [2.05, 4.69) is 4.74 Å². The summed E-state index contributed by atoms with van der Waals surface area (Å²) >= 11 is 0. The van der Waals surface area contributed by atoms with Gasteiger partial charge in [0.1, 0.15) is 0 Å². The molecule has 168 valence electrons. The SMILES string of the molecule is COC(=O)/C=C/C1=CN(C)C=C(C(=O)C(F)(F)F)C1CC(=O)c1cc2ccccc2n1C. The second-order valence-electron chi connectivity index (χ2n) is 7.39. The first-order valence-electron chi connectivity index (χ1n) is 9.63. The fourth-order valence-corrected chi connectivity index (χ4v) is 3.70. The van der Waals surface area contributed by atoms with E-state index >= 15 is 0 Å². The highest BCUT2D eigenvalue weighted by Crippen LogP contribution is 2.36. The van der Waals surface area contributed by atoms with E-state index in [0.29, 0.717) is 5.69 Å². The summed E-state index contributed by atoms with van der Waals surface area (Å²) in [6, 6.07) is 8.94. The van der Waals surface area contributed by atoms with Crippen LogP contribution in [0.3, 0.4) is 0 Å². The molecule has 6 nitrogen and oxygen atoms in total. The highest BCUT2D eigenvalue weighted by atomic mass is 19.4. The standard InChI is InChI=1S/C23H21F3N2O4/c1-27-12-15(8-9-21(30)32-3)16(17(13-27)22(31)23(24,25)26)11-20(29)19-10-14-6-4-5-7-18(14)28(19)2/h4-10,12-13,16H,11H2,1-3H3/b9-8+. The summed E-state index contributed by atoms with van der Waals surface area (Å²) in [4.78, 5) is 38.1. The van der Waals surface area contributed by atoms with E-state index in [0.717, 1.165) is 30.3 Å². The zero-order valence-electron chi connectivity index (χ0n) is 17.6. The number of ketones is 2. The van der Waals surface area contributed by atoms with E-state index in [9.17, 15) is 27.6 Å². The third kappa shape index (κ3) is 4.66. The van der Waals surface area contributed by atoms with Crippen LogP contribution in [0.5, 0.6) is 0 Å². The lowest BCUT2D eigenvalue weighted by molar-refractivity contribution is -0.167. The number of methoxy groups -OCH3 is 1. The summed E-state index contributed by atoms with van der Waals surface area (Å²) in [6.45, 7) is 0. The number of Topliss-reactive ketones (excluding diaryl/α,β-unsaturated/α-hetero) is 2. The second-order valence-corrected chi connectivity index (χ2v) is 7.39. The minimum atomic E-state index is -5.11. The lowest BCUT2D eigenvalue weighted by Crippen LogP contribution is -2.33. The molecule has 2 heterocycles. The van der Waals surface area contributed by atoms with Crippen molar-refractivity contribution in [2.45, 2.75) is 12.6 Å². The van der Waals surface area contributed by atoms with Crippen molar-refractivity contribution in [1.82, 2.24) is 9.47 Å². The van der Waals surface area contributed by atoms with Crippen LogP contribution in [-0.2, 0) is 21.4 Å². The Kier molecular flexibility index (Phi) is 6.38. The van der Waals surface area contributed by atoms with Gasteiger partial charge in [0.2, 0.25) is 0 Å². The number of esters is 1. The van der Waals surface area contributed by atoms with Crippen LogP contribution in [0, 0.1) is 5.92 Å². The van der Waals surface area contributed by atoms with Crippen molar-refractivity contribution in [1.29, 1.82) is 0 Å². The number of hydrogen-bond donors (Lipinski definition) is 0. The van der Waals surface area contributed by atoms with Crippen molar-refractivity contribution < 1.29 is 32.3 Å². The Morgan fingerprint density at radius 2 is 1.81 bits per heavy atom. The zero-order chi connectivity index (χ0) is 23.6. The predicted molar refractivity (Wildman–Crippen MR) is 112 cm³/mol. The Morgan fingerprint density at radius 1 is 1.12 bits per heavy atom. The van der Waals surface area contributed by atoms with Gasteiger partial charge < -0.3 is 14.2 Å². The summed E-state index contributed by atoms with van der Waals surface area (Å²) in [6.07, 6.45) is -0.671. The molecule has 0 aliphatic carbocycles. The van der Waals surface area contributed by atoms with E-state index in [1.807, 2.05) is 24.3 Å². The van der Waals surface area contributed by atoms with E-state index in [1.54, 1.807) is 17.7 Å². The molecule has 0 spiro atoms. The molecular weight excluding hydrogens is 425 g/mol. The van der Waals surface area contributed by atoms with Gasteiger partial charge in [-0.2, -0.15) is 13.2 Å². The van der Waals surface area contributed by atoms with Crippen LogP contribution in [0.25, 0.3) is 10.9 Å². The summed E-state index contributed by atoms with van der Waals surface area (Å²) in [7, 11) is 4.31. The Bertz CT molecular complexity index is 1170. The smallest absolute Gasteiger partial charge is 0.454 e. The lowest BCUT2D eigenvalue weighted by Gasteiger charge is -2.28. The van der Waals surface area contributed by atoms with Crippen molar-refractivity contribution in [2.24, 2.45) is 13.0 Å². The van der Waals surface area contributed by atoms with Crippen molar-refractivity contribution in [3.63, 3.8) is 0 Å². The number of aromatic nitrogens is 1. The zero-order valence-corrected chi connectivity index (χ0v) is 17.6. The molecule has 1 aromatic carbocycles. The molecular formula is C23H21F3N2O4. The number of rotatable bonds is 6. The molecule has 0 saturated heterocycles. The Balaban J connectivity index is 2.02. The van der Waals surface area contributed by atoms with Crippen molar-refractivity contribution >= 4 is 28.4 Å². The van der Waals surface area contributed by atoms with Crippen LogP contribution < -0.4 is 0 Å². The van der Waals surface area contributed by atoms with E-state index in [-0.39, 0.29) is 12.0 Å². The minimum Gasteiger partial charge on any atom is -0.466 e. The number of benzene rings is 1. The first kappa shape index (κ1) is 23.1. The van der Waals surface area contributed by atoms with Crippen LogP contribution in [-0.4, -0.2) is 47.3 Å². The molecule has 1 aromatic heterocycles. The van der Waals surface area contributed by atoms with Gasteiger partial charge in [-0.25, -0.2) is 4.79 Å². The summed E-state index contributed by atoms with van der Waals surface area (Å²) < 4.78 is 46.0. The third-order valence-corrected chi connectivity index (χ3v) is 5.23. The highest BCUT2D eigenvalue weighted by Gasteiger charge is 2.44. The number of carbonyl (C=O) groups is 3. The number of carbonyl (C=O) groups excluding carboxylic acids is 3. The van der Waals surface area contributed by atoms with Gasteiger partial charge in [0, 0.05) is 61.4 Å². The van der Waals surface area contributed by atoms with Crippen LogP contribution in [0.1, 0.15) is 16.9 Å². The third-order valence-electron chi connectivity index (χ3n) is 5.23. The largest absolute Gasteiger partial charge is 0.466 e. The molecule has 0 saturated carbocycles. The van der Waals surface area contributed by atoms with Crippen LogP contribution in [0.2, 0.25) is 0 Å². The van der Waals surface area contributed by atoms with E-state index in [4.69, 9.17) is 0 Å². The van der Waals surface area contributed by atoms with Gasteiger partial charge in [-0.15, -0.1) is 0 Å². The van der Waals surface area contributed by atoms with Crippen LogP contribution >= 0.6 is 0 Å². The number of halogens is 3. The number of fused-ring (bicyclic) bond motifs is 1. The average molecular weight is 446 g/mol. The summed E-state index contributed by atoms with van der Waals surface area (Å²) in [5, 5.41) is 0.810. The molecule has 0 fully saturated rings. The van der Waals surface area contributed by atoms with Gasteiger partial charge >= 0.3 is 12.1 Å². The Hall–Kier alpha value is -3.62. The maximum atomic E-state index is 13.3. The quantitative estimate of drug-likeness (QED) is 0.382. The van der Waals surface area contributed by atoms with E-state index in [1.165, 1.54) is 24.2 Å². The normalized spacial score (nSPS) is 16.8. The molecule has 2 aromatic rings. The van der Waals surface area contributed by atoms with Gasteiger partial charge in [0.15, 0.2) is 5.78 Å².